The number of amides is 1. The molecule has 1 aromatic carbocycles. The number of carbonyl (C=O) groups is 3. The highest BCUT2D eigenvalue weighted by Gasteiger charge is 2.43. The van der Waals surface area contributed by atoms with Crippen LogP contribution in [0.5, 0.6) is 0 Å². The zero-order valence-electron chi connectivity index (χ0n) is 9.01. The molecule has 1 unspecified atom stereocenters. The quantitative estimate of drug-likeness (QED) is 0.549. The highest BCUT2D eigenvalue weighted by Crippen LogP contribution is 2.17. The minimum Gasteiger partial charge on any atom is -0.480 e. The van der Waals surface area contributed by atoms with Crippen LogP contribution in [0.3, 0.4) is 0 Å². The first-order valence-electron chi connectivity index (χ1n) is 4.94. The van der Waals surface area contributed by atoms with Crippen LogP contribution in [0.25, 0.3) is 0 Å². The fourth-order valence-electron chi connectivity index (χ4n) is 1.53. The zero-order chi connectivity index (χ0) is 12.6. The lowest BCUT2D eigenvalue weighted by atomic mass is 10.2. The molecular formula is C11H10N2O4. The van der Waals surface area contributed by atoms with Crippen LogP contribution in [0.1, 0.15) is 5.56 Å². The Labute approximate surface area is 96.8 Å². The van der Waals surface area contributed by atoms with Crippen LogP contribution >= 0.6 is 0 Å². The van der Waals surface area contributed by atoms with E-state index in [2.05, 4.69) is 5.43 Å². The Hall–Kier alpha value is -2.21. The number of ketones is 1. The second-order valence-corrected chi connectivity index (χ2v) is 3.74. The van der Waals surface area contributed by atoms with E-state index in [1.807, 2.05) is 6.92 Å². The lowest BCUT2D eigenvalue weighted by molar-refractivity contribution is -0.144. The fourth-order valence-corrected chi connectivity index (χ4v) is 1.53. The lowest BCUT2D eigenvalue weighted by Gasteiger charge is -2.15. The molecule has 2 rings (SSSR count). The van der Waals surface area contributed by atoms with E-state index in [0.29, 0.717) is 5.69 Å². The molecule has 1 aliphatic heterocycles. The minimum absolute atomic E-state index is 0.442. The molecule has 88 valence electrons. The Morgan fingerprint density at radius 1 is 1.29 bits per heavy atom. The van der Waals surface area contributed by atoms with Crippen LogP contribution in [0, 0.1) is 6.92 Å². The second-order valence-electron chi connectivity index (χ2n) is 3.74. The van der Waals surface area contributed by atoms with E-state index in [0.717, 1.165) is 10.6 Å². The van der Waals surface area contributed by atoms with Gasteiger partial charge in [0, 0.05) is 0 Å². The van der Waals surface area contributed by atoms with Crippen LogP contribution < -0.4 is 10.4 Å². The molecule has 1 amide bonds. The fraction of sp³-hybridized carbons (Fsp3) is 0.182. The molecule has 0 spiro atoms. The van der Waals surface area contributed by atoms with Crippen molar-refractivity contribution >= 4 is 23.3 Å². The van der Waals surface area contributed by atoms with Crippen molar-refractivity contribution in [2.24, 2.45) is 0 Å². The van der Waals surface area contributed by atoms with Gasteiger partial charge in [-0.1, -0.05) is 17.7 Å². The maximum atomic E-state index is 11.6. The molecule has 2 N–H and O–H groups in total. The number of benzene rings is 1. The first-order chi connectivity index (χ1) is 8.00. The Balaban J connectivity index is 2.30. The molecule has 0 bridgehead atoms. The standard InChI is InChI=1S/C11H10N2O4/c1-6-2-4-7(5-3-6)13-10(15)9(14)8(12-13)11(16)17/h2-5,8,12H,1H3,(H,16,17). The molecule has 0 aromatic heterocycles. The highest BCUT2D eigenvalue weighted by molar-refractivity contribution is 6.48. The summed E-state index contributed by atoms with van der Waals surface area (Å²) in [6, 6.07) is 5.31. The van der Waals surface area contributed by atoms with Gasteiger partial charge in [-0.15, -0.1) is 0 Å². The minimum atomic E-state index is -1.50. The van der Waals surface area contributed by atoms with Gasteiger partial charge in [-0.25, -0.2) is 15.2 Å². The van der Waals surface area contributed by atoms with Gasteiger partial charge in [0.05, 0.1) is 5.69 Å². The molecule has 1 aromatic rings. The van der Waals surface area contributed by atoms with Gasteiger partial charge in [-0.05, 0) is 19.1 Å². The smallest absolute Gasteiger partial charge is 0.330 e. The van der Waals surface area contributed by atoms with E-state index in [9.17, 15) is 14.4 Å². The van der Waals surface area contributed by atoms with Crippen molar-refractivity contribution in [3.05, 3.63) is 29.8 Å². The third kappa shape index (κ3) is 1.90. The van der Waals surface area contributed by atoms with Crippen LogP contribution in [0.15, 0.2) is 24.3 Å². The van der Waals surface area contributed by atoms with Crippen molar-refractivity contribution in [1.82, 2.24) is 5.43 Å². The number of anilines is 1. The Bertz CT molecular complexity index is 495. The Morgan fingerprint density at radius 2 is 1.88 bits per heavy atom. The predicted molar refractivity (Wildman–Crippen MR) is 58.2 cm³/mol. The van der Waals surface area contributed by atoms with E-state index in [-0.39, 0.29) is 0 Å². The van der Waals surface area contributed by atoms with Crippen molar-refractivity contribution in [2.45, 2.75) is 13.0 Å². The number of hydrogen-bond donors (Lipinski definition) is 2. The van der Waals surface area contributed by atoms with Crippen LogP contribution in [-0.2, 0) is 14.4 Å². The number of carbonyl (C=O) groups excluding carboxylic acids is 2. The highest BCUT2D eigenvalue weighted by atomic mass is 16.4. The van der Waals surface area contributed by atoms with Crippen LogP contribution in [-0.4, -0.2) is 28.8 Å². The number of hydrogen-bond acceptors (Lipinski definition) is 4. The summed E-state index contributed by atoms with van der Waals surface area (Å²) in [6.07, 6.45) is 0. The van der Waals surface area contributed by atoms with Gasteiger partial charge in [-0.3, -0.25) is 9.59 Å². The molecule has 1 saturated heterocycles. The van der Waals surface area contributed by atoms with Crippen LogP contribution in [0.4, 0.5) is 5.69 Å². The van der Waals surface area contributed by atoms with E-state index in [1.165, 1.54) is 0 Å². The van der Waals surface area contributed by atoms with Gasteiger partial charge in [0.15, 0.2) is 6.04 Å². The summed E-state index contributed by atoms with van der Waals surface area (Å²) in [6.45, 7) is 1.88. The van der Waals surface area contributed by atoms with E-state index in [4.69, 9.17) is 5.11 Å². The molecule has 1 fully saturated rings. The predicted octanol–water partition coefficient (Wildman–Crippen LogP) is -0.131. The summed E-state index contributed by atoms with van der Waals surface area (Å²) in [5.74, 6) is -3.18. The summed E-state index contributed by atoms with van der Waals surface area (Å²) in [7, 11) is 0. The average Bonchev–Trinajstić information content (AvgIpc) is 2.58. The maximum absolute atomic E-state index is 11.6. The van der Waals surface area contributed by atoms with Gasteiger partial charge in [0.25, 0.3) is 5.78 Å². The molecule has 17 heavy (non-hydrogen) atoms. The average molecular weight is 234 g/mol. The molecular weight excluding hydrogens is 224 g/mol. The topological polar surface area (TPSA) is 86.7 Å². The van der Waals surface area contributed by atoms with E-state index >= 15 is 0 Å². The van der Waals surface area contributed by atoms with Crippen molar-refractivity contribution in [1.29, 1.82) is 0 Å². The molecule has 6 heteroatoms. The number of nitrogens with one attached hydrogen (secondary N) is 1. The van der Waals surface area contributed by atoms with Crippen molar-refractivity contribution in [3.63, 3.8) is 0 Å². The van der Waals surface area contributed by atoms with Crippen molar-refractivity contribution in [2.75, 3.05) is 5.01 Å². The zero-order valence-corrected chi connectivity index (χ0v) is 9.01. The van der Waals surface area contributed by atoms with Gasteiger partial charge in [-0.2, -0.15) is 0 Å². The number of nitrogens with zero attached hydrogens (tertiary/aromatic N) is 1. The molecule has 1 heterocycles. The number of aryl methyl sites for hydroxylation is 1. The van der Waals surface area contributed by atoms with Crippen LogP contribution in [0.2, 0.25) is 0 Å². The number of rotatable bonds is 2. The number of Topliss-reactive ketones (excluding diaryl/α,β-unsaturated/α-hetero) is 1. The van der Waals surface area contributed by atoms with Crippen molar-refractivity contribution < 1.29 is 19.5 Å². The number of carboxylic acids is 1. The molecule has 0 saturated carbocycles. The summed E-state index contributed by atoms with van der Waals surface area (Å²) in [5, 5.41) is 9.71. The SMILES string of the molecule is Cc1ccc(N2NC(C(=O)O)C(=O)C2=O)cc1. The molecule has 6 nitrogen and oxygen atoms in total. The van der Waals surface area contributed by atoms with Crippen molar-refractivity contribution in [3.8, 4) is 0 Å². The normalized spacial score (nSPS) is 19.8. The first-order valence-corrected chi connectivity index (χ1v) is 4.94. The summed E-state index contributed by atoms with van der Waals surface area (Å²) in [5.41, 5.74) is 3.80. The maximum Gasteiger partial charge on any atom is 0.330 e. The largest absolute Gasteiger partial charge is 0.480 e. The van der Waals surface area contributed by atoms with Gasteiger partial charge >= 0.3 is 11.9 Å². The third-order valence-electron chi connectivity index (χ3n) is 2.47. The number of hydrazine groups is 1. The Morgan fingerprint density at radius 3 is 2.35 bits per heavy atom. The van der Waals surface area contributed by atoms with Gasteiger partial charge in [0.2, 0.25) is 0 Å². The lowest BCUT2D eigenvalue weighted by Crippen LogP contribution is -2.41. The van der Waals surface area contributed by atoms with E-state index in [1.54, 1.807) is 24.3 Å². The van der Waals surface area contributed by atoms with Gasteiger partial charge in [0.1, 0.15) is 0 Å². The monoisotopic (exact) mass is 234 g/mol. The molecule has 0 aliphatic carbocycles. The number of carboxylic acid groups (broad SMARTS) is 1. The summed E-state index contributed by atoms with van der Waals surface area (Å²) < 4.78 is 0. The van der Waals surface area contributed by atoms with E-state index < -0.39 is 23.7 Å². The first kappa shape index (κ1) is 11.3. The summed E-state index contributed by atoms with van der Waals surface area (Å²) >= 11 is 0. The number of aliphatic carboxylic acids is 1. The molecule has 1 atom stereocenters. The second kappa shape index (κ2) is 3.99. The Kier molecular flexibility index (Phi) is 2.64. The molecule has 1 aliphatic rings. The van der Waals surface area contributed by atoms with Gasteiger partial charge < -0.3 is 5.11 Å². The molecule has 0 radical (unpaired) electrons. The summed E-state index contributed by atoms with van der Waals surface area (Å²) in [4.78, 5) is 33.6. The third-order valence-corrected chi connectivity index (χ3v) is 2.47.